The van der Waals surface area contributed by atoms with Crippen molar-refractivity contribution in [2.24, 2.45) is 0 Å². The fraction of sp³-hybridized carbons (Fsp3) is 0.286. The maximum absolute atomic E-state index is 11.9. The number of amides is 2. The molecule has 1 aromatic carbocycles. The van der Waals surface area contributed by atoms with Crippen LogP contribution < -0.4 is 16.5 Å². The first-order valence-electron chi connectivity index (χ1n) is 7.19. The first-order valence-corrected chi connectivity index (χ1v) is 8.55. The number of halogens is 1. The van der Waals surface area contributed by atoms with E-state index in [9.17, 15) is 14.4 Å². The standard InChI is InChI=1S/C14H14ClN5O3S/c15-9-3-1-8(2-4-9)12(22)17-16-11(21)7-24-14-19-18-13(23)20(14)10-5-6-10/h1-4,10H,5-7H2,(H,16,21)(H,17,22)(H,18,23). The van der Waals surface area contributed by atoms with E-state index < -0.39 is 11.8 Å². The Balaban J connectivity index is 1.48. The highest BCUT2D eigenvalue weighted by molar-refractivity contribution is 7.99. The van der Waals surface area contributed by atoms with E-state index in [-0.39, 0.29) is 17.5 Å². The molecule has 1 aliphatic rings. The SMILES string of the molecule is O=C(CSc1n[nH]c(=O)n1C1CC1)NNC(=O)c1ccc(Cl)cc1. The van der Waals surface area contributed by atoms with Gasteiger partial charge in [-0.05, 0) is 37.1 Å². The quantitative estimate of drug-likeness (QED) is 0.542. The third kappa shape index (κ3) is 3.98. The Morgan fingerprint density at radius 1 is 1.29 bits per heavy atom. The van der Waals surface area contributed by atoms with Crippen LogP contribution in [0.15, 0.2) is 34.2 Å². The van der Waals surface area contributed by atoms with Crippen LogP contribution in [0.1, 0.15) is 29.2 Å². The van der Waals surface area contributed by atoms with E-state index in [0.29, 0.717) is 15.7 Å². The predicted molar refractivity (Wildman–Crippen MR) is 88.9 cm³/mol. The van der Waals surface area contributed by atoms with E-state index in [1.165, 1.54) is 0 Å². The first kappa shape index (κ1) is 16.6. The maximum atomic E-state index is 11.9. The van der Waals surface area contributed by atoms with Crippen molar-refractivity contribution in [2.75, 3.05) is 5.75 Å². The van der Waals surface area contributed by atoms with Gasteiger partial charge in [0.25, 0.3) is 5.91 Å². The molecule has 10 heteroatoms. The van der Waals surface area contributed by atoms with Gasteiger partial charge in [-0.3, -0.25) is 25.0 Å². The van der Waals surface area contributed by atoms with E-state index in [1.54, 1.807) is 28.8 Å². The van der Waals surface area contributed by atoms with E-state index in [4.69, 9.17) is 11.6 Å². The van der Waals surface area contributed by atoms with E-state index in [2.05, 4.69) is 21.0 Å². The Hall–Kier alpha value is -2.26. The lowest BCUT2D eigenvalue weighted by Crippen LogP contribution is -2.42. The van der Waals surface area contributed by atoms with Crippen molar-refractivity contribution in [1.29, 1.82) is 0 Å². The zero-order chi connectivity index (χ0) is 17.1. The Labute approximate surface area is 145 Å². The smallest absolute Gasteiger partial charge is 0.272 e. The maximum Gasteiger partial charge on any atom is 0.344 e. The molecule has 1 aliphatic carbocycles. The third-order valence-corrected chi connectivity index (χ3v) is 4.54. The van der Waals surface area contributed by atoms with Gasteiger partial charge in [0.1, 0.15) is 0 Å². The summed E-state index contributed by atoms with van der Waals surface area (Å²) >= 11 is 6.88. The average molecular weight is 368 g/mol. The van der Waals surface area contributed by atoms with Gasteiger partial charge >= 0.3 is 5.69 Å². The van der Waals surface area contributed by atoms with Crippen LogP contribution in [0.4, 0.5) is 0 Å². The molecule has 1 fully saturated rings. The number of hydrazine groups is 1. The number of benzene rings is 1. The minimum absolute atomic E-state index is 0.0257. The predicted octanol–water partition coefficient (Wildman–Crippen LogP) is 1.11. The van der Waals surface area contributed by atoms with Crippen LogP contribution >= 0.6 is 23.4 Å². The molecule has 0 spiro atoms. The summed E-state index contributed by atoms with van der Waals surface area (Å²) in [6.45, 7) is 0. The third-order valence-electron chi connectivity index (χ3n) is 3.34. The van der Waals surface area contributed by atoms with Crippen LogP contribution in [-0.2, 0) is 4.79 Å². The van der Waals surface area contributed by atoms with E-state index >= 15 is 0 Å². The monoisotopic (exact) mass is 367 g/mol. The lowest BCUT2D eigenvalue weighted by Gasteiger charge is -2.07. The summed E-state index contributed by atoms with van der Waals surface area (Å²) < 4.78 is 1.56. The molecule has 0 atom stereocenters. The summed E-state index contributed by atoms with van der Waals surface area (Å²) in [5.74, 6) is -0.822. The number of thioether (sulfide) groups is 1. The molecule has 1 saturated carbocycles. The number of rotatable bonds is 5. The lowest BCUT2D eigenvalue weighted by atomic mass is 10.2. The molecule has 1 heterocycles. The first-order chi connectivity index (χ1) is 11.5. The summed E-state index contributed by atoms with van der Waals surface area (Å²) in [6.07, 6.45) is 1.88. The van der Waals surface area contributed by atoms with Crippen LogP contribution in [-0.4, -0.2) is 32.3 Å². The highest BCUT2D eigenvalue weighted by Gasteiger charge is 2.28. The Morgan fingerprint density at radius 3 is 2.67 bits per heavy atom. The average Bonchev–Trinajstić information content (AvgIpc) is 3.34. The van der Waals surface area contributed by atoms with Gasteiger partial charge in [-0.2, -0.15) is 0 Å². The van der Waals surface area contributed by atoms with Crippen LogP contribution in [0.25, 0.3) is 0 Å². The van der Waals surface area contributed by atoms with Gasteiger partial charge in [0.15, 0.2) is 5.16 Å². The molecule has 126 valence electrons. The molecule has 0 saturated heterocycles. The largest absolute Gasteiger partial charge is 0.344 e. The van der Waals surface area contributed by atoms with E-state index in [0.717, 1.165) is 24.6 Å². The summed E-state index contributed by atoms with van der Waals surface area (Å²) in [5.41, 5.74) is 4.75. The van der Waals surface area contributed by atoms with Crippen LogP contribution in [0.5, 0.6) is 0 Å². The number of hydrogen-bond donors (Lipinski definition) is 3. The molecule has 8 nitrogen and oxygen atoms in total. The van der Waals surface area contributed by atoms with Crippen LogP contribution in [0.3, 0.4) is 0 Å². The van der Waals surface area contributed by atoms with Gasteiger partial charge in [-0.15, -0.1) is 5.10 Å². The van der Waals surface area contributed by atoms with Crippen molar-refractivity contribution in [3.8, 4) is 0 Å². The number of carbonyl (C=O) groups excluding carboxylic acids is 2. The highest BCUT2D eigenvalue weighted by Crippen LogP contribution is 2.35. The van der Waals surface area contributed by atoms with Crippen molar-refractivity contribution in [1.82, 2.24) is 25.6 Å². The summed E-state index contributed by atoms with van der Waals surface area (Å²) in [5, 5.41) is 7.29. The Morgan fingerprint density at radius 2 is 2.00 bits per heavy atom. The topological polar surface area (TPSA) is 109 Å². The number of aromatic amines is 1. The molecule has 3 N–H and O–H groups in total. The summed E-state index contributed by atoms with van der Waals surface area (Å²) in [6, 6.07) is 6.45. The van der Waals surface area contributed by atoms with Gasteiger partial charge < -0.3 is 0 Å². The van der Waals surface area contributed by atoms with Gasteiger partial charge in [0.2, 0.25) is 5.91 Å². The molecule has 3 rings (SSSR count). The van der Waals surface area contributed by atoms with Crippen molar-refractivity contribution < 1.29 is 9.59 Å². The molecule has 1 aromatic heterocycles. The fourth-order valence-electron chi connectivity index (χ4n) is 2.01. The molecule has 0 aliphatic heterocycles. The number of H-pyrrole nitrogens is 1. The van der Waals surface area contributed by atoms with Gasteiger partial charge in [0, 0.05) is 16.6 Å². The lowest BCUT2D eigenvalue weighted by molar-refractivity contribution is -0.119. The van der Waals surface area contributed by atoms with Gasteiger partial charge in [-0.1, -0.05) is 23.4 Å². The molecule has 24 heavy (non-hydrogen) atoms. The number of nitrogens with zero attached hydrogens (tertiary/aromatic N) is 2. The summed E-state index contributed by atoms with van der Waals surface area (Å²) in [4.78, 5) is 35.3. The van der Waals surface area contributed by atoms with Gasteiger partial charge in [0.05, 0.1) is 5.75 Å². The number of carbonyl (C=O) groups is 2. The van der Waals surface area contributed by atoms with Crippen molar-refractivity contribution in [2.45, 2.75) is 24.0 Å². The second kappa shape index (κ2) is 7.10. The highest BCUT2D eigenvalue weighted by atomic mass is 35.5. The number of aromatic nitrogens is 3. The minimum Gasteiger partial charge on any atom is -0.272 e. The van der Waals surface area contributed by atoms with Crippen LogP contribution in [0.2, 0.25) is 5.02 Å². The second-order valence-corrected chi connectivity index (χ2v) is 6.59. The zero-order valence-corrected chi connectivity index (χ0v) is 14.0. The Kier molecular flexibility index (Phi) is 4.91. The molecule has 0 radical (unpaired) electrons. The number of hydrogen-bond acceptors (Lipinski definition) is 5. The molecule has 2 amide bonds. The normalized spacial score (nSPS) is 13.5. The van der Waals surface area contributed by atoms with Crippen molar-refractivity contribution >= 4 is 35.2 Å². The molecular weight excluding hydrogens is 354 g/mol. The van der Waals surface area contributed by atoms with Crippen molar-refractivity contribution in [3.05, 3.63) is 45.3 Å². The van der Waals surface area contributed by atoms with E-state index in [1.807, 2.05) is 0 Å². The zero-order valence-electron chi connectivity index (χ0n) is 12.4. The molecule has 0 unspecified atom stereocenters. The molecule has 0 bridgehead atoms. The fourth-order valence-corrected chi connectivity index (χ4v) is 2.95. The van der Waals surface area contributed by atoms with Crippen molar-refractivity contribution in [3.63, 3.8) is 0 Å². The second-order valence-electron chi connectivity index (χ2n) is 5.21. The summed E-state index contributed by atoms with van der Waals surface area (Å²) in [7, 11) is 0. The van der Waals surface area contributed by atoms with Gasteiger partial charge in [-0.25, -0.2) is 9.89 Å². The van der Waals surface area contributed by atoms with Crippen LogP contribution in [0, 0.1) is 0 Å². The minimum atomic E-state index is -0.445. The number of nitrogens with one attached hydrogen (secondary N) is 3. The molecule has 2 aromatic rings. The molecular formula is C14H14ClN5O3S. The Bertz CT molecular complexity index is 813.